The van der Waals surface area contributed by atoms with Gasteiger partial charge in [-0.1, -0.05) is 24.3 Å². The largest absolute Gasteiger partial charge is 0.480 e. The number of nitro benzene ring substituents is 1. The summed E-state index contributed by atoms with van der Waals surface area (Å²) in [5, 5.41) is 22.3. The molecule has 0 aliphatic rings. The molecule has 0 bridgehead atoms. The number of nitrogens with zero attached hydrogens (tertiary/aromatic N) is 1. The maximum absolute atomic E-state index is 13.2. The van der Waals surface area contributed by atoms with Gasteiger partial charge >= 0.3 is 5.97 Å². The molecular weight excluding hydrogens is 331 g/mol. The molecule has 8 heteroatoms. The molecule has 0 unspecified atom stereocenters. The molecule has 25 heavy (non-hydrogen) atoms. The zero-order chi connectivity index (χ0) is 18.4. The molecule has 0 fully saturated rings. The summed E-state index contributed by atoms with van der Waals surface area (Å²) in [6.45, 7) is 0. The number of hydrogen-bond acceptors (Lipinski definition) is 4. The number of carboxylic acids is 1. The third-order valence-electron chi connectivity index (χ3n) is 3.45. The first-order valence-electron chi connectivity index (χ1n) is 7.35. The van der Waals surface area contributed by atoms with Gasteiger partial charge in [-0.05, 0) is 23.3 Å². The van der Waals surface area contributed by atoms with E-state index in [9.17, 15) is 29.2 Å². The van der Waals surface area contributed by atoms with Crippen molar-refractivity contribution in [1.29, 1.82) is 0 Å². The lowest BCUT2D eigenvalue weighted by molar-refractivity contribution is -0.384. The van der Waals surface area contributed by atoms with E-state index in [2.05, 4.69) is 5.32 Å². The van der Waals surface area contributed by atoms with Crippen LogP contribution in [0.15, 0.2) is 48.5 Å². The third kappa shape index (κ3) is 5.38. The normalized spacial score (nSPS) is 11.6. The Morgan fingerprint density at radius 1 is 1.16 bits per heavy atom. The van der Waals surface area contributed by atoms with E-state index in [-0.39, 0.29) is 18.5 Å². The van der Waals surface area contributed by atoms with Crippen LogP contribution in [0.5, 0.6) is 0 Å². The number of nitro groups is 1. The highest BCUT2D eigenvalue weighted by Gasteiger charge is 2.21. The lowest BCUT2D eigenvalue weighted by Crippen LogP contribution is -2.43. The zero-order valence-electron chi connectivity index (χ0n) is 13.0. The standard InChI is InChI=1S/C17H15FN2O5/c18-13-5-1-3-11(7-13)9-15(17(22)23)19-16(21)10-12-4-2-6-14(8-12)20(24)25/h1-8,15H,9-10H2,(H,19,21)(H,22,23)/t15-/m0/s1. The molecule has 7 nitrogen and oxygen atoms in total. The van der Waals surface area contributed by atoms with Crippen molar-refractivity contribution >= 4 is 17.6 Å². The second kappa shape index (κ2) is 8.00. The number of nitrogens with one attached hydrogen (secondary N) is 1. The number of non-ortho nitro benzene ring substituents is 1. The molecule has 0 heterocycles. The molecule has 0 saturated carbocycles. The molecule has 1 atom stereocenters. The van der Waals surface area contributed by atoms with Crippen LogP contribution in [0.25, 0.3) is 0 Å². The van der Waals surface area contributed by atoms with Crippen LogP contribution < -0.4 is 5.32 Å². The molecule has 130 valence electrons. The molecule has 0 aliphatic carbocycles. The minimum Gasteiger partial charge on any atom is -0.480 e. The number of carbonyl (C=O) groups is 2. The molecule has 2 aromatic carbocycles. The number of aliphatic carboxylic acids is 1. The smallest absolute Gasteiger partial charge is 0.326 e. The number of rotatable bonds is 7. The number of amides is 1. The summed E-state index contributed by atoms with van der Waals surface area (Å²) in [6, 6.07) is 9.75. The molecule has 0 aromatic heterocycles. The van der Waals surface area contributed by atoms with Crippen LogP contribution in [-0.2, 0) is 22.4 Å². The quantitative estimate of drug-likeness (QED) is 0.589. The highest BCUT2D eigenvalue weighted by Crippen LogP contribution is 2.14. The molecule has 2 rings (SSSR count). The minimum atomic E-state index is -1.25. The number of halogens is 1. The molecule has 1 amide bonds. The Bertz CT molecular complexity index is 809. The predicted molar refractivity (Wildman–Crippen MR) is 86.5 cm³/mol. The Morgan fingerprint density at radius 2 is 1.84 bits per heavy atom. The van der Waals surface area contributed by atoms with Crippen molar-refractivity contribution in [3.63, 3.8) is 0 Å². The first-order valence-corrected chi connectivity index (χ1v) is 7.35. The van der Waals surface area contributed by atoms with Gasteiger partial charge in [0.2, 0.25) is 5.91 Å². The molecular formula is C17H15FN2O5. The van der Waals surface area contributed by atoms with Crippen molar-refractivity contribution in [2.45, 2.75) is 18.9 Å². The van der Waals surface area contributed by atoms with Crippen LogP contribution in [0.1, 0.15) is 11.1 Å². The van der Waals surface area contributed by atoms with E-state index in [4.69, 9.17) is 0 Å². The fourth-order valence-corrected chi connectivity index (χ4v) is 2.31. The van der Waals surface area contributed by atoms with E-state index in [0.29, 0.717) is 11.1 Å². The Hall–Kier alpha value is -3.29. The van der Waals surface area contributed by atoms with E-state index in [0.717, 1.165) is 0 Å². The highest BCUT2D eigenvalue weighted by molar-refractivity contribution is 5.85. The van der Waals surface area contributed by atoms with Crippen molar-refractivity contribution in [3.8, 4) is 0 Å². The van der Waals surface area contributed by atoms with Gasteiger partial charge in [-0.25, -0.2) is 9.18 Å². The Morgan fingerprint density at radius 3 is 2.48 bits per heavy atom. The van der Waals surface area contributed by atoms with Crippen LogP contribution in [0, 0.1) is 15.9 Å². The first-order chi connectivity index (χ1) is 11.8. The van der Waals surface area contributed by atoms with Gasteiger partial charge in [0.25, 0.3) is 5.69 Å². The molecule has 0 spiro atoms. The summed E-state index contributed by atoms with van der Waals surface area (Å²) in [5.41, 5.74) is 0.671. The van der Waals surface area contributed by atoms with Gasteiger partial charge in [-0.15, -0.1) is 0 Å². The summed E-state index contributed by atoms with van der Waals surface area (Å²) in [6.07, 6.45) is -0.275. The van der Waals surface area contributed by atoms with E-state index in [1.54, 1.807) is 6.07 Å². The van der Waals surface area contributed by atoms with E-state index in [1.165, 1.54) is 42.5 Å². The van der Waals surface area contributed by atoms with Crippen molar-refractivity contribution in [2.75, 3.05) is 0 Å². The molecule has 2 N–H and O–H groups in total. The van der Waals surface area contributed by atoms with Crippen molar-refractivity contribution in [1.82, 2.24) is 5.32 Å². The minimum absolute atomic E-state index is 0.0756. The van der Waals surface area contributed by atoms with E-state index in [1.807, 2.05) is 0 Å². The van der Waals surface area contributed by atoms with E-state index >= 15 is 0 Å². The second-order valence-corrected chi connectivity index (χ2v) is 5.40. The molecule has 2 aromatic rings. The van der Waals surface area contributed by atoms with Crippen LogP contribution in [0.4, 0.5) is 10.1 Å². The fourth-order valence-electron chi connectivity index (χ4n) is 2.31. The molecule has 0 radical (unpaired) electrons. The summed E-state index contributed by atoms with van der Waals surface area (Å²) >= 11 is 0. The highest BCUT2D eigenvalue weighted by atomic mass is 19.1. The average Bonchev–Trinajstić information content (AvgIpc) is 2.54. The number of carboxylic acid groups (broad SMARTS) is 1. The molecule has 0 aliphatic heterocycles. The predicted octanol–water partition coefficient (Wildman–Crippen LogP) is 2.09. The van der Waals surface area contributed by atoms with Gasteiger partial charge in [0, 0.05) is 18.6 Å². The summed E-state index contributed by atoms with van der Waals surface area (Å²) < 4.78 is 13.2. The topological polar surface area (TPSA) is 110 Å². The van der Waals surface area contributed by atoms with Crippen LogP contribution >= 0.6 is 0 Å². The number of benzene rings is 2. The van der Waals surface area contributed by atoms with Crippen LogP contribution in [0.2, 0.25) is 0 Å². The fraction of sp³-hybridized carbons (Fsp3) is 0.176. The van der Waals surface area contributed by atoms with Gasteiger partial charge in [0.05, 0.1) is 11.3 Å². The lowest BCUT2D eigenvalue weighted by atomic mass is 10.0. The van der Waals surface area contributed by atoms with Gasteiger partial charge < -0.3 is 10.4 Å². The summed E-state index contributed by atoms with van der Waals surface area (Å²) in [7, 11) is 0. The van der Waals surface area contributed by atoms with Gasteiger partial charge in [-0.2, -0.15) is 0 Å². The van der Waals surface area contributed by atoms with Gasteiger partial charge in [-0.3, -0.25) is 14.9 Å². The maximum atomic E-state index is 13.2. The zero-order valence-corrected chi connectivity index (χ0v) is 13.0. The summed E-state index contributed by atoms with van der Waals surface area (Å²) in [4.78, 5) is 33.5. The monoisotopic (exact) mass is 346 g/mol. The van der Waals surface area contributed by atoms with Crippen molar-refractivity contribution in [3.05, 3.63) is 75.6 Å². The van der Waals surface area contributed by atoms with Gasteiger partial charge in [0.1, 0.15) is 11.9 Å². The Kier molecular flexibility index (Phi) is 5.78. The Labute approximate surface area is 142 Å². The van der Waals surface area contributed by atoms with Crippen molar-refractivity contribution < 1.29 is 24.0 Å². The first kappa shape index (κ1) is 18.1. The summed E-state index contributed by atoms with van der Waals surface area (Å²) in [5.74, 6) is -2.34. The Balaban J connectivity index is 2.04. The number of hydrogen-bond donors (Lipinski definition) is 2. The SMILES string of the molecule is O=C(Cc1cccc([N+](=O)[O-])c1)N[C@@H](Cc1cccc(F)c1)C(=O)O. The van der Waals surface area contributed by atoms with Crippen molar-refractivity contribution in [2.24, 2.45) is 0 Å². The van der Waals surface area contributed by atoms with Crippen LogP contribution in [-0.4, -0.2) is 27.9 Å². The average molecular weight is 346 g/mol. The maximum Gasteiger partial charge on any atom is 0.326 e. The number of carbonyl (C=O) groups excluding carboxylic acids is 1. The van der Waals surface area contributed by atoms with E-state index < -0.39 is 28.7 Å². The lowest BCUT2D eigenvalue weighted by Gasteiger charge is -2.14. The van der Waals surface area contributed by atoms with Gasteiger partial charge in [0.15, 0.2) is 0 Å². The van der Waals surface area contributed by atoms with Crippen LogP contribution in [0.3, 0.4) is 0 Å². The molecule has 0 saturated heterocycles. The second-order valence-electron chi connectivity index (χ2n) is 5.40. The third-order valence-corrected chi connectivity index (χ3v) is 3.45.